The van der Waals surface area contributed by atoms with Crippen molar-refractivity contribution in [2.45, 2.75) is 88.4 Å². The summed E-state index contributed by atoms with van der Waals surface area (Å²) in [7, 11) is -4.05. The largest absolute Gasteiger partial charge is 0.493 e. The molecule has 2 heterocycles. The summed E-state index contributed by atoms with van der Waals surface area (Å²) in [6.07, 6.45) is 5.83. The number of amides is 2. The first-order valence-electron chi connectivity index (χ1n) is 18.4. The summed E-state index contributed by atoms with van der Waals surface area (Å²) in [5.74, 6) is 1.50. The molecule has 1 aliphatic carbocycles. The van der Waals surface area contributed by atoms with Gasteiger partial charge in [0.1, 0.15) is 29.2 Å². The van der Waals surface area contributed by atoms with Crippen molar-refractivity contribution in [3.8, 4) is 22.6 Å². The van der Waals surface area contributed by atoms with Crippen LogP contribution in [-0.4, -0.2) is 91.6 Å². The average Bonchev–Trinajstić information content (AvgIpc) is 3.14. The van der Waals surface area contributed by atoms with Crippen molar-refractivity contribution in [3.05, 3.63) is 77.8 Å². The Hall–Kier alpha value is -3.80. The van der Waals surface area contributed by atoms with Crippen molar-refractivity contribution >= 4 is 33.6 Å². The van der Waals surface area contributed by atoms with Crippen LogP contribution in [0, 0.1) is 5.92 Å². The summed E-state index contributed by atoms with van der Waals surface area (Å²) in [6.45, 7) is 7.31. The van der Waals surface area contributed by atoms with Gasteiger partial charge >= 0.3 is 6.09 Å². The predicted octanol–water partition coefficient (Wildman–Crippen LogP) is 7.65. The lowest BCUT2D eigenvalue weighted by molar-refractivity contribution is -0.139. The molecule has 1 saturated carbocycles. The summed E-state index contributed by atoms with van der Waals surface area (Å²) in [6, 6.07) is 20.9. The van der Waals surface area contributed by atoms with Gasteiger partial charge < -0.3 is 24.0 Å². The first-order valence-corrected chi connectivity index (χ1v) is 20.2. The Balaban J connectivity index is 1.16. The maximum Gasteiger partial charge on any atom is 0.410 e. The van der Waals surface area contributed by atoms with Crippen LogP contribution in [0.15, 0.2) is 77.7 Å². The van der Waals surface area contributed by atoms with E-state index < -0.39 is 27.8 Å². The average molecular weight is 752 g/mol. The van der Waals surface area contributed by atoms with E-state index in [0.29, 0.717) is 48.6 Å². The molecule has 3 aromatic rings. The number of sulfonamides is 1. The molecule has 12 heteroatoms. The molecule has 0 spiro atoms. The molecule has 0 radical (unpaired) electrons. The van der Waals surface area contributed by atoms with Crippen molar-refractivity contribution in [1.82, 2.24) is 14.1 Å². The first-order chi connectivity index (χ1) is 24.9. The standard InChI is InChI=1S/C40H50ClN3O7S/c1-40(2,3)51-39(46)43-25-23-42(24-26-43)38(45)37-27-35(50-34-15-11-31(12-16-34)30-9-13-32(41)14-10-30)21-22-44(37)52(47,48)36-19-17-33(18-20-36)49-28-29-7-5-4-6-8-29/h9-20,29,35,37H,4-8,21-28H2,1-3H3/t35-,37+/m1/s1. The van der Waals surface area contributed by atoms with Gasteiger partial charge in [0.2, 0.25) is 15.9 Å². The molecular formula is C40H50ClN3O7S. The van der Waals surface area contributed by atoms with Crippen LogP contribution >= 0.6 is 11.6 Å². The number of carbonyl (C=O) groups is 2. The van der Waals surface area contributed by atoms with Gasteiger partial charge in [0, 0.05) is 44.2 Å². The molecule has 10 nitrogen and oxygen atoms in total. The number of piperidine rings is 1. The van der Waals surface area contributed by atoms with E-state index in [1.807, 2.05) is 69.3 Å². The van der Waals surface area contributed by atoms with E-state index >= 15 is 0 Å². The molecule has 280 valence electrons. The minimum absolute atomic E-state index is 0.113. The van der Waals surface area contributed by atoms with Crippen LogP contribution in [0.25, 0.3) is 11.1 Å². The summed E-state index contributed by atoms with van der Waals surface area (Å²) in [4.78, 5) is 30.3. The van der Waals surface area contributed by atoms with Crippen molar-refractivity contribution in [2.24, 2.45) is 5.92 Å². The van der Waals surface area contributed by atoms with Crippen molar-refractivity contribution in [2.75, 3.05) is 39.3 Å². The van der Waals surface area contributed by atoms with Gasteiger partial charge in [-0.25, -0.2) is 13.2 Å². The zero-order valence-electron chi connectivity index (χ0n) is 30.3. The second-order valence-electron chi connectivity index (χ2n) is 15.0. The van der Waals surface area contributed by atoms with Crippen molar-refractivity contribution in [3.63, 3.8) is 0 Å². The van der Waals surface area contributed by atoms with Crippen LogP contribution in [-0.2, 0) is 19.6 Å². The number of rotatable bonds is 9. The zero-order chi connectivity index (χ0) is 36.9. The lowest BCUT2D eigenvalue weighted by Crippen LogP contribution is -2.59. The SMILES string of the molecule is CC(C)(C)OC(=O)N1CCN(C(=O)[C@@H]2C[C@H](Oc3ccc(-c4ccc(Cl)cc4)cc3)CCN2S(=O)(=O)c2ccc(OCC3CCCCC3)cc2)CC1. The van der Waals surface area contributed by atoms with Crippen LogP contribution in [0.1, 0.15) is 65.7 Å². The van der Waals surface area contributed by atoms with E-state index in [4.69, 9.17) is 25.8 Å². The first kappa shape index (κ1) is 37.9. The smallest absolute Gasteiger partial charge is 0.410 e. The van der Waals surface area contributed by atoms with E-state index in [2.05, 4.69) is 0 Å². The number of nitrogens with zero attached hydrogens (tertiary/aromatic N) is 3. The maximum absolute atomic E-state index is 14.3. The van der Waals surface area contributed by atoms with Crippen LogP contribution in [0.4, 0.5) is 4.79 Å². The van der Waals surface area contributed by atoms with E-state index in [1.54, 1.807) is 34.1 Å². The van der Waals surface area contributed by atoms with Gasteiger partial charge in [0.05, 0.1) is 11.5 Å². The minimum atomic E-state index is -4.05. The van der Waals surface area contributed by atoms with Crippen LogP contribution < -0.4 is 9.47 Å². The lowest BCUT2D eigenvalue weighted by atomic mass is 9.90. The van der Waals surface area contributed by atoms with Crippen LogP contribution in [0.5, 0.6) is 11.5 Å². The lowest BCUT2D eigenvalue weighted by Gasteiger charge is -2.42. The molecule has 6 rings (SSSR count). The number of hydrogen-bond acceptors (Lipinski definition) is 7. The highest BCUT2D eigenvalue weighted by Gasteiger charge is 2.44. The molecule has 3 aliphatic rings. The molecule has 2 saturated heterocycles. The van der Waals surface area contributed by atoms with Gasteiger partial charge in [0.15, 0.2) is 0 Å². The fourth-order valence-corrected chi connectivity index (χ4v) is 8.88. The highest BCUT2D eigenvalue weighted by molar-refractivity contribution is 7.89. The fraction of sp³-hybridized carbons (Fsp3) is 0.500. The molecule has 2 amide bonds. The van der Waals surface area contributed by atoms with Crippen molar-refractivity contribution in [1.29, 1.82) is 0 Å². The third kappa shape index (κ3) is 9.59. The number of carbonyl (C=O) groups excluding carboxylic acids is 2. The Labute approximate surface area is 313 Å². The Morgan fingerprint density at radius 2 is 1.33 bits per heavy atom. The highest BCUT2D eigenvalue weighted by atomic mass is 35.5. The number of piperazine rings is 1. The fourth-order valence-electron chi connectivity index (χ4n) is 7.15. The second kappa shape index (κ2) is 16.5. The van der Waals surface area contributed by atoms with E-state index in [1.165, 1.54) is 23.6 Å². The van der Waals surface area contributed by atoms with Crippen LogP contribution in [0.2, 0.25) is 5.02 Å². The van der Waals surface area contributed by atoms with Crippen LogP contribution in [0.3, 0.4) is 0 Å². The van der Waals surface area contributed by atoms with Crippen molar-refractivity contribution < 1.29 is 32.2 Å². The van der Waals surface area contributed by atoms with E-state index in [0.717, 1.165) is 24.0 Å². The Morgan fingerprint density at radius 3 is 1.94 bits per heavy atom. The predicted molar refractivity (Wildman–Crippen MR) is 201 cm³/mol. The molecule has 0 bridgehead atoms. The third-order valence-electron chi connectivity index (χ3n) is 10.0. The molecular weight excluding hydrogens is 702 g/mol. The summed E-state index contributed by atoms with van der Waals surface area (Å²) in [5, 5.41) is 0.668. The molecule has 3 aromatic carbocycles. The second-order valence-corrected chi connectivity index (χ2v) is 17.3. The topological polar surface area (TPSA) is 106 Å². The zero-order valence-corrected chi connectivity index (χ0v) is 31.9. The molecule has 3 fully saturated rings. The third-order valence-corrected chi connectivity index (χ3v) is 12.2. The number of hydrogen-bond donors (Lipinski definition) is 0. The monoisotopic (exact) mass is 751 g/mol. The Morgan fingerprint density at radius 1 is 0.750 bits per heavy atom. The molecule has 2 atom stereocenters. The highest BCUT2D eigenvalue weighted by Crippen LogP contribution is 2.32. The summed E-state index contributed by atoms with van der Waals surface area (Å²) >= 11 is 6.06. The van der Waals surface area contributed by atoms with Gasteiger partial charge in [-0.1, -0.05) is 55.1 Å². The van der Waals surface area contributed by atoms with E-state index in [9.17, 15) is 18.0 Å². The number of benzene rings is 3. The number of ether oxygens (including phenoxy) is 3. The van der Waals surface area contributed by atoms with Gasteiger partial charge in [-0.3, -0.25) is 4.79 Å². The molecule has 0 N–H and O–H groups in total. The number of halogens is 1. The van der Waals surface area contributed by atoms with Gasteiger partial charge in [-0.15, -0.1) is 0 Å². The summed E-state index contributed by atoms with van der Waals surface area (Å²) in [5.41, 5.74) is 1.40. The Bertz CT molecular complexity index is 1770. The molecule has 52 heavy (non-hydrogen) atoms. The Kier molecular flexibility index (Phi) is 12.0. The minimum Gasteiger partial charge on any atom is -0.493 e. The van der Waals surface area contributed by atoms with Gasteiger partial charge in [0.25, 0.3) is 0 Å². The quantitative estimate of drug-likeness (QED) is 0.221. The molecule has 0 aromatic heterocycles. The summed E-state index contributed by atoms with van der Waals surface area (Å²) < 4.78 is 47.7. The van der Waals surface area contributed by atoms with Gasteiger partial charge in [-0.05, 0) is 106 Å². The molecule has 0 unspecified atom stereocenters. The normalized spacial score (nSPS) is 20.7. The van der Waals surface area contributed by atoms with E-state index in [-0.39, 0.29) is 43.0 Å². The van der Waals surface area contributed by atoms with Gasteiger partial charge in [-0.2, -0.15) is 4.31 Å². The molecule has 2 aliphatic heterocycles. The maximum atomic E-state index is 14.3.